The van der Waals surface area contributed by atoms with Gasteiger partial charge >= 0.3 is 0 Å². The molecular weight excluding hydrogens is 530 g/mol. The van der Waals surface area contributed by atoms with Crippen molar-refractivity contribution in [3.8, 4) is 17.9 Å². The highest BCUT2D eigenvalue weighted by Crippen LogP contribution is 2.68. The van der Waals surface area contributed by atoms with E-state index in [2.05, 4.69) is 37.0 Å². The molecule has 43 heavy (non-hydrogen) atoms. The van der Waals surface area contributed by atoms with Gasteiger partial charge in [0.1, 0.15) is 11.7 Å². The highest BCUT2D eigenvalue weighted by Gasteiger charge is 2.64. The second-order valence-corrected chi connectivity index (χ2v) is 14.9. The number of aliphatic hydroxyl groups excluding tert-OH is 1. The van der Waals surface area contributed by atoms with Gasteiger partial charge in [-0.25, -0.2) is 0 Å². The average molecular weight is 576 g/mol. The van der Waals surface area contributed by atoms with Crippen LogP contribution in [0.5, 0.6) is 0 Å². The molecule has 0 heterocycles. The lowest BCUT2D eigenvalue weighted by molar-refractivity contribution is -0.0684. The Kier molecular flexibility index (Phi) is 6.94. The molecule has 4 heteroatoms. The number of allylic oxidation sites excluding steroid dienone is 1. The van der Waals surface area contributed by atoms with Crippen molar-refractivity contribution in [1.29, 1.82) is 5.26 Å². The van der Waals surface area contributed by atoms with Crippen molar-refractivity contribution in [1.82, 2.24) is 0 Å². The van der Waals surface area contributed by atoms with E-state index in [9.17, 15) is 15.3 Å². The van der Waals surface area contributed by atoms with E-state index in [0.717, 1.165) is 49.7 Å². The zero-order valence-electron chi connectivity index (χ0n) is 25.7. The number of benzene rings is 2. The van der Waals surface area contributed by atoms with Gasteiger partial charge in [0.25, 0.3) is 0 Å². The largest absolute Gasteiger partial charge is 0.385 e. The predicted molar refractivity (Wildman–Crippen MR) is 168 cm³/mol. The molecule has 7 rings (SSSR count). The summed E-state index contributed by atoms with van der Waals surface area (Å²) in [5.74, 6) is 7.15. The number of hydrogen-bond acceptors (Lipinski definition) is 4. The zero-order chi connectivity index (χ0) is 30.0. The quantitative estimate of drug-likeness (QED) is 0.262. The lowest BCUT2D eigenvalue weighted by atomic mass is 9.48. The summed E-state index contributed by atoms with van der Waals surface area (Å²) in [6, 6.07) is 17.6. The van der Waals surface area contributed by atoms with Gasteiger partial charge in [-0.15, -0.1) is 5.92 Å². The highest BCUT2D eigenvalue weighted by molar-refractivity contribution is 5.46. The molecule has 3 N–H and O–H groups in total. The summed E-state index contributed by atoms with van der Waals surface area (Å²) in [6.45, 7) is 4.11. The van der Waals surface area contributed by atoms with Crippen molar-refractivity contribution in [2.75, 3.05) is 0 Å². The van der Waals surface area contributed by atoms with Crippen LogP contribution in [0.1, 0.15) is 125 Å². The second kappa shape index (κ2) is 10.3. The fourth-order valence-electron chi connectivity index (χ4n) is 10.6. The fourth-order valence-corrected chi connectivity index (χ4v) is 10.6. The van der Waals surface area contributed by atoms with Crippen LogP contribution in [-0.2, 0) is 0 Å². The summed E-state index contributed by atoms with van der Waals surface area (Å²) in [6.07, 6.45) is 11.8. The standard InChI is InChI=1S/C39H45NO3/c1-3-17-39(43)22-16-32-30-14-21-38(42)25-37(18-4-5-19-37)20-15-33(38)34(30)31(23-36(32,39)2)27-10-12-29(13-11-27)35(41)28-8-6-26(24-40)7-9-28/h6-13,30-32,35,41-43H,4-5,14-16,18-23,25H2,1-2H3/t30?,31-,32?,35?,36+,38-,39+/m1/s1. The van der Waals surface area contributed by atoms with Crippen LogP contribution in [0.25, 0.3) is 0 Å². The third-order valence-corrected chi connectivity index (χ3v) is 12.8. The minimum absolute atomic E-state index is 0.107. The van der Waals surface area contributed by atoms with Crippen LogP contribution >= 0.6 is 0 Å². The molecule has 5 aliphatic carbocycles. The van der Waals surface area contributed by atoms with E-state index in [1.807, 2.05) is 31.2 Å². The Morgan fingerprint density at radius 3 is 2.21 bits per heavy atom. The maximum atomic E-state index is 12.4. The lowest BCUT2D eigenvalue weighted by Crippen LogP contribution is -2.54. The Labute approximate surface area is 256 Å². The second-order valence-electron chi connectivity index (χ2n) is 14.9. The summed E-state index contributed by atoms with van der Waals surface area (Å²) < 4.78 is 0. The van der Waals surface area contributed by atoms with Gasteiger partial charge in [0.2, 0.25) is 0 Å². The Morgan fingerprint density at radius 1 is 0.884 bits per heavy atom. The minimum atomic E-state index is -0.999. The molecule has 1 spiro atoms. The summed E-state index contributed by atoms with van der Waals surface area (Å²) >= 11 is 0. The van der Waals surface area contributed by atoms with Gasteiger partial charge in [-0.2, -0.15) is 5.26 Å². The molecule has 0 amide bonds. The SMILES string of the molecule is CC#C[C@]1(O)CCC2C3CC[C@@]4(O)CC5(CCCC5)CCC4=C3[C@@H](c3ccc(C(O)c4ccc(C#N)cc4)cc3)C[C@@]21C. The van der Waals surface area contributed by atoms with Gasteiger partial charge in [0.15, 0.2) is 0 Å². The van der Waals surface area contributed by atoms with Crippen molar-refractivity contribution in [2.24, 2.45) is 22.7 Å². The molecule has 4 saturated carbocycles. The number of aliphatic hydroxyl groups is 3. The number of hydrogen-bond donors (Lipinski definition) is 3. The van der Waals surface area contributed by atoms with E-state index < -0.39 is 17.3 Å². The fraction of sp³-hybridized carbons (Fsp3) is 0.564. The molecule has 0 aromatic heterocycles. The van der Waals surface area contributed by atoms with Crippen molar-refractivity contribution < 1.29 is 15.3 Å². The monoisotopic (exact) mass is 575 g/mol. The van der Waals surface area contributed by atoms with Crippen LogP contribution < -0.4 is 0 Å². The van der Waals surface area contributed by atoms with Crippen LogP contribution in [-0.4, -0.2) is 26.5 Å². The third kappa shape index (κ3) is 4.44. The molecule has 4 nitrogen and oxygen atoms in total. The molecule has 2 aromatic rings. The molecule has 2 aromatic carbocycles. The van der Waals surface area contributed by atoms with E-state index in [1.165, 1.54) is 48.8 Å². The first-order chi connectivity index (χ1) is 20.6. The first-order valence-corrected chi connectivity index (χ1v) is 16.5. The van der Waals surface area contributed by atoms with E-state index in [-0.39, 0.29) is 11.3 Å². The normalized spacial score (nSPS) is 36.6. The summed E-state index contributed by atoms with van der Waals surface area (Å²) in [7, 11) is 0. The molecular formula is C39H45NO3. The first-order valence-electron chi connectivity index (χ1n) is 16.5. The van der Waals surface area contributed by atoms with Crippen molar-refractivity contribution in [2.45, 2.75) is 114 Å². The molecule has 0 aliphatic heterocycles. The van der Waals surface area contributed by atoms with Gasteiger partial charge < -0.3 is 15.3 Å². The minimum Gasteiger partial charge on any atom is -0.385 e. The highest BCUT2D eigenvalue weighted by atomic mass is 16.3. The number of fused-ring (bicyclic) bond motifs is 4. The Hall–Kier alpha value is -2.89. The van der Waals surface area contributed by atoms with Crippen LogP contribution in [0.4, 0.5) is 0 Å². The van der Waals surface area contributed by atoms with Gasteiger partial charge in [-0.3, -0.25) is 0 Å². The third-order valence-electron chi connectivity index (χ3n) is 12.8. The number of rotatable bonds is 3. The molecule has 7 atom stereocenters. The van der Waals surface area contributed by atoms with Gasteiger partial charge in [-0.05, 0) is 123 Å². The first kappa shape index (κ1) is 28.9. The zero-order valence-corrected chi connectivity index (χ0v) is 25.7. The van der Waals surface area contributed by atoms with Crippen LogP contribution in [0.15, 0.2) is 59.7 Å². The van der Waals surface area contributed by atoms with Gasteiger partial charge in [-0.1, -0.05) is 67.7 Å². The summed E-state index contributed by atoms with van der Waals surface area (Å²) in [5, 5.41) is 44.7. The number of nitriles is 1. The van der Waals surface area contributed by atoms with Gasteiger partial charge in [0, 0.05) is 11.3 Å². The smallest absolute Gasteiger partial charge is 0.131 e. The number of nitrogens with zero attached hydrogens (tertiary/aromatic N) is 1. The molecule has 224 valence electrons. The maximum Gasteiger partial charge on any atom is 0.131 e. The van der Waals surface area contributed by atoms with Crippen LogP contribution in [0.3, 0.4) is 0 Å². The lowest BCUT2D eigenvalue weighted by Gasteiger charge is -2.57. The topological polar surface area (TPSA) is 84.5 Å². The van der Waals surface area contributed by atoms with Crippen molar-refractivity contribution in [3.63, 3.8) is 0 Å². The van der Waals surface area contributed by atoms with E-state index in [4.69, 9.17) is 5.26 Å². The van der Waals surface area contributed by atoms with E-state index >= 15 is 0 Å². The van der Waals surface area contributed by atoms with E-state index in [0.29, 0.717) is 29.2 Å². The maximum absolute atomic E-state index is 12.4. The van der Waals surface area contributed by atoms with Crippen molar-refractivity contribution >= 4 is 0 Å². The van der Waals surface area contributed by atoms with Crippen LogP contribution in [0.2, 0.25) is 0 Å². The Bertz CT molecular complexity index is 1530. The molecule has 0 bridgehead atoms. The molecule has 0 radical (unpaired) electrons. The molecule has 0 saturated heterocycles. The van der Waals surface area contributed by atoms with Gasteiger partial charge in [0.05, 0.1) is 17.2 Å². The van der Waals surface area contributed by atoms with Crippen LogP contribution in [0, 0.1) is 45.8 Å². The Morgan fingerprint density at radius 2 is 1.56 bits per heavy atom. The summed E-state index contributed by atoms with van der Waals surface area (Å²) in [4.78, 5) is 0. The van der Waals surface area contributed by atoms with Crippen molar-refractivity contribution in [3.05, 3.63) is 81.9 Å². The van der Waals surface area contributed by atoms with E-state index in [1.54, 1.807) is 12.1 Å². The Balaban J connectivity index is 1.29. The molecule has 4 fully saturated rings. The molecule has 5 aliphatic rings. The molecule has 3 unspecified atom stereocenters. The average Bonchev–Trinajstić information content (AvgIpc) is 3.57. The summed E-state index contributed by atoms with van der Waals surface area (Å²) in [5.41, 5.74) is 4.44. The predicted octanol–water partition coefficient (Wildman–Crippen LogP) is 7.48.